The highest BCUT2D eigenvalue weighted by Gasteiger charge is 1.94. The molecule has 0 saturated heterocycles. The summed E-state index contributed by atoms with van der Waals surface area (Å²) in [6.07, 6.45) is 25.1. The zero-order chi connectivity index (χ0) is 15.4. The van der Waals surface area contributed by atoms with Gasteiger partial charge in [0.1, 0.15) is 0 Å². The summed E-state index contributed by atoms with van der Waals surface area (Å²) in [7, 11) is 0. The Morgan fingerprint density at radius 3 is 0.864 bits per heavy atom. The van der Waals surface area contributed by atoms with Gasteiger partial charge in [0.25, 0.3) is 0 Å². The van der Waals surface area contributed by atoms with Crippen LogP contribution in [0.25, 0.3) is 0 Å². The third-order valence-electron chi connectivity index (χ3n) is 4.51. The van der Waals surface area contributed by atoms with Crippen LogP contribution in [0.4, 0.5) is 0 Å². The molecule has 0 atom stereocenters. The van der Waals surface area contributed by atoms with Crippen molar-refractivity contribution in [3.63, 3.8) is 0 Å². The van der Waals surface area contributed by atoms with E-state index in [4.69, 9.17) is 5.11 Å². The van der Waals surface area contributed by atoms with Gasteiger partial charge in [-0.1, -0.05) is 116 Å². The minimum Gasteiger partial charge on any atom is -0.396 e. The Bertz CT molecular complexity index is 149. The molecule has 0 aromatic rings. The van der Waals surface area contributed by atoms with Gasteiger partial charge in [-0.3, -0.25) is 0 Å². The van der Waals surface area contributed by atoms with E-state index in [9.17, 15) is 0 Å². The van der Waals surface area contributed by atoms with Crippen molar-refractivity contribution in [2.24, 2.45) is 0 Å². The maximum absolute atomic E-state index is 8.69. The van der Waals surface area contributed by atoms with E-state index >= 15 is 0 Å². The number of aliphatic hydroxyl groups is 1. The third kappa shape index (κ3) is 22.2. The summed E-state index contributed by atoms with van der Waals surface area (Å²) >= 11 is 0. The molecule has 0 aliphatic heterocycles. The molecule has 0 bridgehead atoms. The molecule has 1 N–H and O–H groups in total. The molecule has 1 heteroatoms. The van der Waals surface area contributed by atoms with E-state index in [-0.39, 0.29) is 7.43 Å². The lowest BCUT2D eigenvalue weighted by Gasteiger charge is -2.03. The molecular formula is C21H42O. The van der Waals surface area contributed by atoms with Gasteiger partial charge in [-0.2, -0.15) is 0 Å². The fourth-order valence-corrected chi connectivity index (χ4v) is 3.01. The quantitative estimate of drug-likeness (QED) is 0.268. The monoisotopic (exact) mass is 310 g/mol. The van der Waals surface area contributed by atoms with E-state index in [1.54, 1.807) is 0 Å². The molecule has 0 amide bonds. The zero-order valence-electron chi connectivity index (χ0n) is 15.4. The smallest absolute Gasteiger partial charge is 0.0431 e. The van der Waals surface area contributed by atoms with E-state index in [0.29, 0.717) is 6.61 Å². The van der Waals surface area contributed by atoms with E-state index in [1.807, 2.05) is 0 Å². The molecule has 22 heavy (non-hydrogen) atoms. The van der Waals surface area contributed by atoms with Crippen molar-refractivity contribution < 1.29 is 5.11 Å². The first-order valence-electron chi connectivity index (χ1n) is 10.0. The number of aliphatic hydroxyl groups excluding tert-OH is 1. The van der Waals surface area contributed by atoms with Crippen LogP contribution in [-0.4, -0.2) is 11.7 Å². The maximum Gasteiger partial charge on any atom is 0.0431 e. The Hall–Kier alpha value is -0.0400. The molecule has 0 aliphatic rings. The van der Waals surface area contributed by atoms with Crippen LogP contribution >= 0.6 is 0 Å². The van der Waals surface area contributed by atoms with E-state index in [1.165, 1.54) is 109 Å². The first-order valence-corrected chi connectivity index (χ1v) is 10.0. The average molecular weight is 311 g/mol. The molecule has 0 rings (SSSR count). The minimum absolute atomic E-state index is 0. The van der Waals surface area contributed by atoms with E-state index < -0.39 is 0 Å². The molecule has 0 saturated carbocycles. The molecule has 4 radical (unpaired) electrons. The van der Waals surface area contributed by atoms with Crippen molar-refractivity contribution in [3.05, 3.63) is 7.43 Å². The van der Waals surface area contributed by atoms with Crippen LogP contribution in [0.15, 0.2) is 0 Å². The zero-order valence-corrected chi connectivity index (χ0v) is 15.4. The molecule has 0 unspecified atom stereocenters. The molecule has 0 aromatic carbocycles. The third-order valence-corrected chi connectivity index (χ3v) is 4.51. The lowest BCUT2D eigenvalue weighted by Crippen LogP contribution is -1.85. The fraction of sp³-hybridized carbons (Fsp3) is 0.952. The Morgan fingerprint density at radius 2 is 0.636 bits per heavy atom. The van der Waals surface area contributed by atoms with Crippen LogP contribution in [0.2, 0.25) is 0 Å². The van der Waals surface area contributed by atoms with Crippen LogP contribution in [0.3, 0.4) is 0 Å². The summed E-state index contributed by atoms with van der Waals surface area (Å²) < 4.78 is 0. The first kappa shape index (κ1) is 24.2. The Labute approximate surface area is 142 Å². The van der Waals surface area contributed by atoms with Crippen LogP contribution in [0.1, 0.15) is 122 Å². The van der Waals surface area contributed by atoms with Crippen molar-refractivity contribution >= 4 is 0 Å². The molecule has 0 spiro atoms. The standard InChI is InChI=1S/C20H42O.C/c1-2-3-4-5-6-7-8-9-10-11-12-13-14-15-16-17-18-19-20-21;/h21H,2-20H2,1H3;. The van der Waals surface area contributed by atoms with Gasteiger partial charge in [-0.15, -0.1) is 0 Å². The Balaban J connectivity index is 0. The van der Waals surface area contributed by atoms with Crippen LogP contribution in [0, 0.1) is 7.43 Å². The topological polar surface area (TPSA) is 20.2 Å². The number of unbranched alkanes of at least 4 members (excludes halogenated alkanes) is 17. The maximum atomic E-state index is 8.69. The average Bonchev–Trinajstić information content (AvgIpc) is 2.50. The Morgan fingerprint density at radius 1 is 0.409 bits per heavy atom. The molecule has 1 nitrogen and oxygen atoms in total. The second-order valence-electron chi connectivity index (χ2n) is 6.73. The normalized spacial score (nSPS) is 10.6. The SMILES string of the molecule is CCCCCCCCCCCCCCCCCCCCO.[C]. The van der Waals surface area contributed by atoms with Crippen molar-refractivity contribution in [1.82, 2.24) is 0 Å². The highest BCUT2D eigenvalue weighted by molar-refractivity contribution is 4.50. The summed E-state index contributed by atoms with van der Waals surface area (Å²) in [5, 5.41) is 8.69. The molecule has 0 heterocycles. The minimum atomic E-state index is 0. The van der Waals surface area contributed by atoms with E-state index in [2.05, 4.69) is 6.92 Å². The largest absolute Gasteiger partial charge is 0.396 e. The second-order valence-corrected chi connectivity index (χ2v) is 6.73. The molecular weight excluding hydrogens is 268 g/mol. The van der Waals surface area contributed by atoms with Gasteiger partial charge >= 0.3 is 0 Å². The molecule has 0 aliphatic carbocycles. The number of hydrogen-bond donors (Lipinski definition) is 1. The van der Waals surface area contributed by atoms with Gasteiger partial charge in [-0.05, 0) is 6.42 Å². The summed E-state index contributed by atoms with van der Waals surface area (Å²) in [5.74, 6) is 0. The van der Waals surface area contributed by atoms with Crippen molar-refractivity contribution in [2.45, 2.75) is 122 Å². The molecule has 0 fully saturated rings. The van der Waals surface area contributed by atoms with Crippen molar-refractivity contribution in [3.8, 4) is 0 Å². The predicted octanol–water partition coefficient (Wildman–Crippen LogP) is 7.10. The lowest BCUT2D eigenvalue weighted by molar-refractivity contribution is 0.282. The highest BCUT2D eigenvalue weighted by atomic mass is 16.2. The summed E-state index contributed by atoms with van der Waals surface area (Å²) in [6.45, 7) is 2.66. The van der Waals surface area contributed by atoms with Crippen molar-refractivity contribution in [1.29, 1.82) is 0 Å². The van der Waals surface area contributed by atoms with E-state index in [0.717, 1.165) is 6.42 Å². The second kappa shape index (κ2) is 23.2. The molecule has 132 valence electrons. The Kier molecular flexibility index (Phi) is 25.6. The first-order chi connectivity index (χ1) is 10.4. The van der Waals surface area contributed by atoms with Gasteiger partial charge < -0.3 is 5.11 Å². The van der Waals surface area contributed by atoms with Gasteiger partial charge in [0.05, 0.1) is 0 Å². The van der Waals surface area contributed by atoms with Gasteiger partial charge in [-0.25, -0.2) is 0 Å². The summed E-state index contributed by atoms with van der Waals surface area (Å²) in [5.41, 5.74) is 0. The van der Waals surface area contributed by atoms with Gasteiger partial charge in [0.15, 0.2) is 0 Å². The van der Waals surface area contributed by atoms with Crippen LogP contribution in [-0.2, 0) is 0 Å². The van der Waals surface area contributed by atoms with Crippen LogP contribution < -0.4 is 0 Å². The van der Waals surface area contributed by atoms with Crippen LogP contribution in [0.5, 0.6) is 0 Å². The summed E-state index contributed by atoms with van der Waals surface area (Å²) in [6, 6.07) is 0. The van der Waals surface area contributed by atoms with Crippen molar-refractivity contribution in [2.75, 3.05) is 6.61 Å². The predicted molar refractivity (Wildman–Crippen MR) is 99.1 cm³/mol. The van der Waals surface area contributed by atoms with Gasteiger partial charge in [0, 0.05) is 14.0 Å². The molecule has 0 aromatic heterocycles. The number of rotatable bonds is 18. The van der Waals surface area contributed by atoms with Gasteiger partial charge in [0.2, 0.25) is 0 Å². The fourth-order valence-electron chi connectivity index (χ4n) is 3.01. The highest BCUT2D eigenvalue weighted by Crippen LogP contribution is 2.14. The number of hydrogen-bond acceptors (Lipinski definition) is 1. The summed E-state index contributed by atoms with van der Waals surface area (Å²) in [4.78, 5) is 0. The lowest BCUT2D eigenvalue weighted by atomic mass is 10.0.